The van der Waals surface area contributed by atoms with Crippen molar-refractivity contribution in [3.8, 4) is 0 Å². The summed E-state index contributed by atoms with van der Waals surface area (Å²) in [6.07, 6.45) is 12.6. The molecule has 0 saturated carbocycles. The van der Waals surface area contributed by atoms with Crippen LogP contribution in [-0.2, 0) is 19.3 Å². The summed E-state index contributed by atoms with van der Waals surface area (Å²) < 4.78 is 0. The average Bonchev–Trinajstić information content (AvgIpc) is 2.57. The first kappa shape index (κ1) is 18.5. The van der Waals surface area contributed by atoms with Crippen molar-refractivity contribution < 1.29 is 5.11 Å². The maximum Gasteiger partial charge on any atom is 0.0611 e. The second-order valence-electron chi connectivity index (χ2n) is 7.72. The lowest BCUT2D eigenvalue weighted by atomic mass is 9.74. The zero-order valence-electron chi connectivity index (χ0n) is 15.1. The Balaban J connectivity index is 1.84. The van der Waals surface area contributed by atoms with E-state index in [1.54, 1.807) is 0 Å². The predicted octanol–water partition coefficient (Wildman–Crippen LogP) is 4.40. The quantitative estimate of drug-likeness (QED) is 0.663. The van der Waals surface area contributed by atoms with E-state index in [0.29, 0.717) is 5.92 Å². The van der Waals surface area contributed by atoms with E-state index in [1.807, 2.05) is 6.92 Å². The van der Waals surface area contributed by atoms with Crippen molar-refractivity contribution in [3.05, 3.63) is 34.9 Å². The Bertz CT molecular complexity index is 481. The van der Waals surface area contributed by atoms with Gasteiger partial charge in [0, 0.05) is 5.54 Å². The number of nitrogens with two attached hydrogens (primary N) is 1. The number of rotatable bonds is 9. The largest absolute Gasteiger partial charge is 0.394 e. The van der Waals surface area contributed by atoms with Crippen LogP contribution < -0.4 is 5.73 Å². The van der Waals surface area contributed by atoms with Gasteiger partial charge in [0.15, 0.2) is 0 Å². The summed E-state index contributed by atoms with van der Waals surface area (Å²) >= 11 is 0. The highest BCUT2D eigenvalue weighted by atomic mass is 16.3. The lowest BCUT2D eigenvalue weighted by Gasteiger charge is -2.36. The number of fused-ring (bicyclic) bond motifs is 1. The van der Waals surface area contributed by atoms with Crippen LogP contribution in [0.15, 0.2) is 18.2 Å². The fourth-order valence-electron chi connectivity index (χ4n) is 3.77. The van der Waals surface area contributed by atoms with Crippen LogP contribution in [0, 0.1) is 5.92 Å². The minimum atomic E-state index is -0.450. The van der Waals surface area contributed by atoms with Crippen LogP contribution >= 0.6 is 0 Å². The summed E-state index contributed by atoms with van der Waals surface area (Å²) in [6.45, 7) is 4.32. The molecule has 0 radical (unpaired) electrons. The van der Waals surface area contributed by atoms with E-state index in [0.717, 1.165) is 19.3 Å². The zero-order chi connectivity index (χ0) is 16.7. The Hall–Kier alpha value is -0.860. The van der Waals surface area contributed by atoms with E-state index in [9.17, 15) is 5.11 Å². The number of hydrogen-bond acceptors (Lipinski definition) is 2. The second-order valence-corrected chi connectivity index (χ2v) is 7.72. The zero-order valence-corrected chi connectivity index (χ0v) is 15.1. The molecule has 0 aliphatic heterocycles. The normalized spacial score (nSPS) is 20.1. The standard InChI is InChI=1S/C21H35NO/c1-3-4-5-6-7-8-9-17-10-11-19-15-20(21(2,22)16-23)13-12-18(19)14-17/h10-11,14,20,23H,3-9,12-13,15-16,22H2,1-2H3/t20-,21-/m1/s1. The minimum Gasteiger partial charge on any atom is -0.394 e. The Labute approximate surface area is 142 Å². The van der Waals surface area contributed by atoms with E-state index in [-0.39, 0.29) is 6.61 Å². The summed E-state index contributed by atoms with van der Waals surface area (Å²) in [5, 5.41) is 9.49. The number of aliphatic hydroxyl groups excluding tert-OH is 1. The lowest BCUT2D eigenvalue weighted by Crippen LogP contribution is -2.49. The molecule has 0 aromatic heterocycles. The van der Waals surface area contributed by atoms with Crippen molar-refractivity contribution >= 4 is 0 Å². The monoisotopic (exact) mass is 317 g/mol. The van der Waals surface area contributed by atoms with Crippen LogP contribution in [0.25, 0.3) is 0 Å². The molecule has 1 aliphatic rings. The van der Waals surface area contributed by atoms with Gasteiger partial charge in [0.1, 0.15) is 0 Å². The molecule has 0 unspecified atom stereocenters. The first-order chi connectivity index (χ1) is 11.1. The van der Waals surface area contributed by atoms with E-state index in [2.05, 4.69) is 25.1 Å². The van der Waals surface area contributed by atoms with Gasteiger partial charge in [0.25, 0.3) is 0 Å². The van der Waals surface area contributed by atoms with Gasteiger partial charge in [0.05, 0.1) is 6.61 Å². The van der Waals surface area contributed by atoms with Gasteiger partial charge in [-0.15, -0.1) is 0 Å². The molecule has 0 fully saturated rings. The van der Waals surface area contributed by atoms with E-state index in [1.165, 1.54) is 61.6 Å². The van der Waals surface area contributed by atoms with Crippen molar-refractivity contribution in [2.24, 2.45) is 11.7 Å². The van der Waals surface area contributed by atoms with Crippen LogP contribution in [0.1, 0.15) is 75.5 Å². The molecule has 0 saturated heterocycles. The molecular formula is C21H35NO. The number of unbranched alkanes of at least 4 members (excludes halogenated alkanes) is 5. The highest BCUT2D eigenvalue weighted by Gasteiger charge is 2.32. The van der Waals surface area contributed by atoms with Crippen molar-refractivity contribution in [3.63, 3.8) is 0 Å². The SMILES string of the molecule is CCCCCCCCc1ccc2c(c1)CC[C@@H]([C@](C)(N)CO)C2. The molecule has 130 valence electrons. The van der Waals surface area contributed by atoms with Gasteiger partial charge >= 0.3 is 0 Å². The van der Waals surface area contributed by atoms with Gasteiger partial charge in [-0.25, -0.2) is 0 Å². The van der Waals surface area contributed by atoms with Crippen LogP contribution in [0.4, 0.5) is 0 Å². The Morgan fingerprint density at radius 2 is 1.87 bits per heavy atom. The number of aryl methyl sites for hydroxylation is 2. The average molecular weight is 318 g/mol. The molecule has 23 heavy (non-hydrogen) atoms. The van der Waals surface area contributed by atoms with E-state index in [4.69, 9.17) is 5.73 Å². The van der Waals surface area contributed by atoms with E-state index < -0.39 is 5.54 Å². The smallest absolute Gasteiger partial charge is 0.0611 e. The topological polar surface area (TPSA) is 46.2 Å². The third kappa shape index (κ3) is 5.32. The van der Waals surface area contributed by atoms with Crippen molar-refractivity contribution in [1.29, 1.82) is 0 Å². The molecule has 2 nitrogen and oxygen atoms in total. The van der Waals surface area contributed by atoms with Gasteiger partial charge in [-0.1, -0.05) is 57.2 Å². The van der Waals surface area contributed by atoms with Crippen LogP contribution in [0.3, 0.4) is 0 Å². The lowest BCUT2D eigenvalue weighted by molar-refractivity contribution is 0.144. The Kier molecular flexibility index (Phi) is 7.10. The maximum absolute atomic E-state index is 9.49. The van der Waals surface area contributed by atoms with E-state index >= 15 is 0 Å². The summed E-state index contributed by atoms with van der Waals surface area (Å²) in [6, 6.07) is 7.03. The molecule has 3 N–H and O–H groups in total. The molecule has 1 aromatic rings. The fourth-order valence-corrected chi connectivity index (χ4v) is 3.77. The highest BCUT2D eigenvalue weighted by molar-refractivity contribution is 5.35. The minimum absolute atomic E-state index is 0.0725. The Morgan fingerprint density at radius 3 is 2.61 bits per heavy atom. The molecular weight excluding hydrogens is 282 g/mol. The van der Waals surface area contributed by atoms with Crippen LogP contribution in [0.2, 0.25) is 0 Å². The molecule has 2 rings (SSSR count). The summed E-state index contributed by atoms with van der Waals surface area (Å²) in [7, 11) is 0. The molecule has 0 spiro atoms. The third-order valence-corrected chi connectivity index (χ3v) is 5.59. The number of aliphatic hydroxyl groups is 1. The van der Waals surface area contributed by atoms with Gasteiger partial charge in [0.2, 0.25) is 0 Å². The predicted molar refractivity (Wildman–Crippen MR) is 98.7 cm³/mol. The van der Waals surface area contributed by atoms with Crippen molar-refractivity contribution in [2.45, 2.75) is 83.6 Å². The fraction of sp³-hybridized carbons (Fsp3) is 0.714. The van der Waals surface area contributed by atoms with Gasteiger partial charge in [-0.05, 0) is 61.6 Å². The first-order valence-electron chi connectivity index (χ1n) is 9.57. The van der Waals surface area contributed by atoms with Crippen LogP contribution in [-0.4, -0.2) is 17.3 Å². The van der Waals surface area contributed by atoms with Gasteiger partial charge in [-0.2, -0.15) is 0 Å². The second kappa shape index (κ2) is 8.84. The summed E-state index contributed by atoms with van der Waals surface area (Å²) in [4.78, 5) is 0. The summed E-state index contributed by atoms with van der Waals surface area (Å²) in [5.41, 5.74) is 10.2. The van der Waals surface area contributed by atoms with Crippen molar-refractivity contribution in [1.82, 2.24) is 0 Å². The molecule has 2 atom stereocenters. The highest BCUT2D eigenvalue weighted by Crippen LogP contribution is 2.32. The first-order valence-corrected chi connectivity index (χ1v) is 9.57. The molecule has 0 bridgehead atoms. The third-order valence-electron chi connectivity index (χ3n) is 5.59. The summed E-state index contributed by atoms with van der Waals surface area (Å²) in [5.74, 6) is 0.393. The molecule has 2 heteroatoms. The number of hydrogen-bond donors (Lipinski definition) is 2. The van der Waals surface area contributed by atoms with Crippen molar-refractivity contribution in [2.75, 3.05) is 6.61 Å². The van der Waals surface area contributed by atoms with Gasteiger partial charge < -0.3 is 10.8 Å². The molecule has 0 heterocycles. The van der Waals surface area contributed by atoms with Gasteiger partial charge in [-0.3, -0.25) is 0 Å². The number of benzene rings is 1. The molecule has 0 amide bonds. The maximum atomic E-state index is 9.49. The Morgan fingerprint density at radius 1 is 1.13 bits per heavy atom. The molecule has 1 aliphatic carbocycles. The molecule has 1 aromatic carbocycles. The van der Waals surface area contributed by atoms with Crippen LogP contribution in [0.5, 0.6) is 0 Å².